The summed E-state index contributed by atoms with van der Waals surface area (Å²) in [7, 11) is 0. The van der Waals surface area contributed by atoms with Gasteiger partial charge in [-0.2, -0.15) is 0 Å². The van der Waals surface area contributed by atoms with Gasteiger partial charge in [-0.3, -0.25) is 4.79 Å². The second-order valence-electron chi connectivity index (χ2n) is 4.33. The van der Waals surface area contributed by atoms with Crippen LogP contribution in [0.4, 0.5) is 0 Å². The fourth-order valence-electron chi connectivity index (χ4n) is 2.14. The smallest absolute Gasteiger partial charge is 0.255 e. The zero-order chi connectivity index (χ0) is 13.2. The molecule has 2 aromatic rings. The summed E-state index contributed by atoms with van der Waals surface area (Å²) < 4.78 is 5.93. The molecule has 0 radical (unpaired) electrons. The van der Waals surface area contributed by atoms with E-state index in [9.17, 15) is 4.79 Å². The Hall–Kier alpha value is -2.00. The van der Waals surface area contributed by atoms with Crippen molar-refractivity contribution in [1.29, 1.82) is 0 Å². The van der Waals surface area contributed by atoms with Gasteiger partial charge in [0.25, 0.3) is 5.91 Å². The second-order valence-corrected chi connectivity index (χ2v) is 4.74. The van der Waals surface area contributed by atoms with Crippen molar-refractivity contribution < 1.29 is 9.53 Å². The Labute approximate surface area is 116 Å². The summed E-state index contributed by atoms with van der Waals surface area (Å²) in [5, 5.41) is 3.49. The fraction of sp³-hybridized carbons (Fsp3) is 0.133. The monoisotopic (exact) mass is 273 g/mol. The van der Waals surface area contributed by atoms with Gasteiger partial charge < -0.3 is 10.1 Å². The molecule has 0 bridgehead atoms. The molecule has 1 amide bonds. The van der Waals surface area contributed by atoms with E-state index in [-0.39, 0.29) is 12.0 Å². The Morgan fingerprint density at radius 1 is 1.11 bits per heavy atom. The van der Waals surface area contributed by atoms with Gasteiger partial charge in [0, 0.05) is 10.6 Å². The molecule has 4 heteroatoms. The van der Waals surface area contributed by atoms with E-state index in [4.69, 9.17) is 16.3 Å². The van der Waals surface area contributed by atoms with E-state index < -0.39 is 0 Å². The highest BCUT2D eigenvalue weighted by Gasteiger charge is 2.24. The minimum Gasteiger partial charge on any atom is -0.483 e. The summed E-state index contributed by atoms with van der Waals surface area (Å²) in [6.07, 6.45) is -0.277. The molecule has 96 valence electrons. The normalized spacial score (nSPS) is 17.9. The summed E-state index contributed by atoms with van der Waals surface area (Å²) >= 11 is 6.18. The Kier molecular flexibility index (Phi) is 3.13. The van der Waals surface area contributed by atoms with Gasteiger partial charge in [-0.25, -0.2) is 0 Å². The molecule has 1 atom stereocenters. The zero-order valence-electron chi connectivity index (χ0n) is 10.1. The van der Waals surface area contributed by atoms with Crippen LogP contribution in [0.25, 0.3) is 0 Å². The lowest BCUT2D eigenvalue weighted by molar-refractivity contribution is 0.0951. The van der Waals surface area contributed by atoms with E-state index in [1.165, 1.54) is 0 Å². The minimum atomic E-state index is -0.277. The van der Waals surface area contributed by atoms with Crippen molar-refractivity contribution in [2.24, 2.45) is 0 Å². The molecule has 0 aliphatic carbocycles. The van der Waals surface area contributed by atoms with Crippen molar-refractivity contribution in [2.45, 2.75) is 6.10 Å². The summed E-state index contributed by atoms with van der Waals surface area (Å²) in [5.41, 5.74) is 1.43. The molecule has 1 aliphatic heterocycles. The van der Waals surface area contributed by atoms with Gasteiger partial charge in [-0.15, -0.1) is 0 Å². The van der Waals surface area contributed by atoms with Crippen molar-refractivity contribution in [1.82, 2.24) is 5.32 Å². The molecule has 19 heavy (non-hydrogen) atoms. The molecule has 3 nitrogen and oxygen atoms in total. The highest BCUT2D eigenvalue weighted by Crippen LogP contribution is 2.30. The fourth-order valence-corrected chi connectivity index (χ4v) is 2.40. The summed E-state index contributed by atoms with van der Waals surface area (Å²) in [6, 6.07) is 14.7. The number of hydrogen-bond acceptors (Lipinski definition) is 2. The average Bonchev–Trinajstić information content (AvgIpc) is 2.60. The summed E-state index contributed by atoms with van der Waals surface area (Å²) in [4.78, 5) is 11.9. The highest BCUT2D eigenvalue weighted by atomic mass is 35.5. The third-order valence-corrected chi connectivity index (χ3v) is 3.45. The van der Waals surface area contributed by atoms with Crippen LogP contribution in [0, 0.1) is 0 Å². The van der Waals surface area contributed by atoms with Gasteiger partial charge in [0.05, 0.1) is 12.1 Å². The number of hydrogen-bond donors (Lipinski definition) is 1. The van der Waals surface area contributed by atoms with Crippen LogP contribution >= 0.6 is 11.6 Å². The molecule has 0 spiro atoms. The maximum atomic E-state index is 11.9. The first-order valence-electron chi connectivity index (χ1n) is 6.04. The van der Waals surface area contributed by atoms with E-state index in [0.717, 1.165) is 5.56 Å². The molecule has 1 aliphatic rings. The van der Waals surface area contributed by atoms with Crippen LogP contribution in [-0.4, -0.2) is 12.5 Å². The standard InChI is InChI=1S/C15H12ClNO2/c16-12-7-3-1-5-10(12)14-9-17-15(18)11-6-2-4-8-13(11)19-14/h1-8,14H,9H2,(H,17,18)/t14-/m1/s1. The van der Waals surface area contributed by atoms with Crippen LogP contribution in [0.2, 0.25) is 5.02 Å². The number of benzene rings is 2. The Morgan fingerprint density at radius 2 is 1.84 bits per heavy atom. The van der Waals surface area contributed by atoms with Crippen molar-refractivity contribution >= 4 is 17.5 Å². The van der Waals surface area contributed by atoms with Crippen LogP contribution in [-0.2, 0) is 0 Å². The van der Waals surface area contributed by atoms with E-state index in [2.05, 4.69) is 5.32 Å². The largest absolute Gasteiger partial charge is 0.483 e. The Morgan fingerprint density at radius 3 is 2.68 bits per heavy atom. The topological polar surface area (TPSA) is 38.3 Å². The lowest BCUT2D eigenvalue weighted by Crippen LogP contribution is -2.27. The van der Waals surface area contributed by atoms with Gasteiger partial charge in [0.15, 0.2) is 0 Å². The quantitative estimate of drug-likeness (QED) is 0.866. The number of fused-ring (bicyclic) bond motifs is 1. The van der Waals surface area contributed by atoms with Crippen LogP contribution in [0.5, 0.6) is 5.75 Å². The molecule has 1 heterocycles. The Balaban J connectivity index is 2.00. The van der Waals surface area contributed by atoms with Crippen molar-refractivity contribution in [2.75, 3.05) is 6.54 Å². The summed E-state index contributed by atoms with van der Waals surface area (Å²) in [6.45, 7) is 0.400. The molecule has 0 aromatic heterocycles. The van der Waals surface area contributed by atoms with Crippen molar-refractivity contribution in [3.63, 3.8) is 0 Å². The number of rotatable bonds is 1. The molecular formula is C15H12ClNO2. The van der Waals surface area contributed by atoms with E-state index >= 15 is 0 Å². The number of carbonyl (C=O) groups excluding carboxylic acids is 1. The first-order valence-corrected chi connectivity index (χ1v) is 6.42. The van der Waals surface area contributed by atoms with Gasteiger partial charge in [0.2, 0.25) is 0 Å². The number of amides is 1. The first-order chi connectivity index (χ1) is 9.25. The predicted octanol–water partition coefficient (Wildman–Crippen LogP) is 3.20. The van der Waals surface area contributed by atoms with Gasteiger partial charge in [0.1, 0.15) is 11.9 Å². The third-order valence-electron chi connectivity index (χ3n) is 3.10. The first kappa shape index (κ1) is 12.1. The van der Waals surface area contributed by atoms with E-state index in [1.54, 1.807) is 12.1 Å². The number of ether oxygens (including phenoxy) is 1. The lowest BCUT2D eigenvalue weighted by Gasteiger charge is -2.18. The van der Waals surface area contributed by atoms with Crippen molar-refractivity contribution in [3.05, 3.63) is 64.7 Å². The van der Waals surface area contributed by atoms with Crippen LogP contribution in [0.3, 0.4) is 0 Å². The minimum absolute atomic E-state index is 0.120. The number of carbonyl (C=O) groups is 1. The second kappa shape index (κ2) is 4.94. The average molecular weight is 274 g/mol. The molecule has 0 saturated heterocycles. The van der Waals surface area contributed by atoms with Gasteiger partial charge >= 0.3 is 0 Å². The molecular weight excluding hydrogens is 262 g/mol. The highest BCUT2D eigenvalue weighted by molar-refractivity contribution is 6.31. The van der Waals surface area contributed by atoms with Crippen LogP contribution in [0.15, 0.2) is 48.5 Å². The predicted molar refractivity (Wildman–Crippen MR) is 73.6 cm³/mol. The lowest BCUT2D eigenvalue weighted by atomic mass is 10.1. The number of nitrogens with one attached hydrogen (secondary N) is 1. The van der Waals surface area contributed by atoms with Crippen LogP contribution < -0.4 is 10.1 Å². The SMILES string of the molecule is O=C1NC[C@H](c2ccccc2Cl)Oc2ccccc21. The number of para-hydroxylation sites is 1. The van der Waals surface area contributed by atoms with Gasteiger partial charge in [-0.05, 0) is 18.2 Å². The molecule has 0 unspecified atom stereocenters. The Bertz CT molecular complexity index is 627. The maximum Gasteiger partial charge on any atom is 0.255 e. The number of halogens is 1. The maximum absolute atomic E-state index is 11.9. The zero-order valence-corrected chi connectivity index (χ0v) is 10.9. The van der Waals surface area contributed by atoms with E-state index in [0.29, 0.717) is 22.9 Å². The molecule has 0 fully saturated rings. The molecule has 3 rings (SSSR count). The molecule has 0 saturated carbocycles. The summed E-state index contributed by atoms with van der Waals surface area (Å²) in [5.74, 6) is 0.465. The van der Waals surface area contributed by atoms with E-state index in [1.807, 2.05) is 36.4 Å². The third kappa shape index (κ3) is 2.29. The van der Waals surface area contributed by atoms with Crippen LogP contribution in [0.1, 0.15) is 22.0 Å². The van der Waals surface area contributed by atoms with Gasteiger partial charge in [-0.1, -0.05) is 41.9 Å². The molecule has 1 N–H and O–H groups in total. The van der Waals surface area contributed by atoms with Crippen molar-refractivity contribution in [3.8, 4) is 5.75 Å². The molecule has 2 aromatic carbocycles.